The summed E-state index contributed by atoms with van der Waals surface area (Å²) >= 11 is 6.68. The molecule has 9 heteroatoms. The van der Waals surface area contributed by atoms with E-state index in [2.05, 4.69) is 18.3 Å². The van der Waals surface area contributed by atoms with Crippen LogP contribution in [0.1, 0.15) is 24.5 Å². The zero-order valence-corrected chi connectivity index (χ0v) is 20.3. The Labute approximate surface area is 198 Å². The fourth-order valence-corrected chi connectivity index (χ4v) is 4.96. The number of carbonyl (C=O) groups is 2. The summed E-state index contributed by atoms with van der Waals surface area (Å²) in [6, 6.07) is 6.11. The molecule has 172 valence electrons. The molecule has 2 heterocycles. The summed E-state index contributed by atoms with van der Waals surface area (Å²) in [6.45, 7) is 4.35. The van der Waals surface area contributed by atoms with E-state index in [0.29, 0.717) is 35.5 Å². The molecule has 1 fully saturated rings. The molecule has 7 nitrogen and oxygen atoms in total. The first-order valence-corrected chi connectivity index (χ1v) is 11.8. The molecular formula is C23H29N3O4S2. The van der Waals surface area contributed by atoms with E-state index in [1.54, 1.807) is 19.1 Å². The summed E-state index contributed by atoms with van der Waals surface area (Å²) in [5.41, 5.74) is 3.07. The van der Waals surface area contributed by atoms with E-state index in [1.807, 2.05) is 29.0 Å². The first-order valence-electron chi connectivity index (χ1n) is 10.6. The first-order chi connectivity index (χ1) is 15.5. The standard InChI is InChI=1S/C23H29N3O4S2/c1-4-16-7-5-8-18-17(13-19-22(28)26(10-12-30-3)23(31)32-19)14-25(21(16)18)15-20(27)24-9-6-11-29-2/h5,7-8,13-14H,4,6,9-12,15H2,1-3H3,(H,24,27)/b19-13-. The molecule has 1 aliphatic rings. The van der Waals surface area contributed by atoms with Crippen molar-refractivity contribution in [3.63, 3.8) is 0 Å². The number of amides is 2. The molecule has 0 bridgehead atoms. The minimum Gasteiger partial charge on any atom is -0.385 e. The average molecular weight is 476 g/mol. The Balaban J connectivity index is 1.90. The molecular weight excluding hydrogens is 446 g/mol. The van der Waals surface area contributed by atoms with E-state index in [1.165, 1.54) is 11.8 Å². The van der Waals surface area contributed by atoms with Gasteiger partial charge in [-0.1, -0.05) is 49.1 Å². The molecule has 0 radical (unpaired) electrons. The Hall–Kier alpha value is -2.20. The van der Waals surface area contributed by atoms with Crippen LogP contribution in [0, 0.1) is 0 Å². The molecule has 3 rings (SSSR count). The molecule has 2 amide bonds. The lowest BCUT2D eigenvalue weighted by Gasteiger charge is -2.12. The fourth-order valence-electron chi connectivity index (χ4n) is 3.66. The topological polar surface area (TPSA) is 72.8 Å². The van der Waals surface area contributed by atoms with Crippen molar-refractivity contribution < 1.29 is 19.1 Å². The van der Waals surface area contributed by atoms with E-state index in [0.717, 1.165) is 34.9 Å². The van der Waals surface area contributed by atoms with Crippen molar-refractivity contribution in [2.75, 3.05) is 40.5 Å². The van der Waals surface area contributed by atoms with Crippen molar-refractivity contribution >= 4 is 57.1 Å². The highest BCUT2D eigenvalue weighted by atomic mass is 32.2. The molecule has 0 spiro atoms. The molecule has 0 aliphatic carbocycles. The number of thioether (sulfide) groups is 1. The largest absolute Gasteiger partial charge is 0.385 e. The van der Waals surface area contributed by atoms with Crippen LogP contribution < -0.4 is 5.32 Å². The molecule has 0 unspecified atom stereocenters. The molecule has 0 atom stereocenters. The molecule has 1 aromatic heterocycles. The number of methoxy groups -OCH3 is 2. The number of nitrogens with zero attached hydrogens (tertiary/aromatic N) is 2. The van der Waals surface area contributed by atoms with Crippen LogP contribution in [-0.4, -0.2) is 66.1 Å². The molecule has 32 heavy (non-hydrogen) atoms. The number of hydrogen-bond acceptors (Lipinski definition) is 6. The summed E-state index contributed by atoms with van der Waals surface area (Å²) in [7, 11) is 3.24. The number of nitrogens with one attached hydrogen (secondary N) is 1. The summed E-state index contributed by atoms with van der Waals surface area (Å²) < 4.78 is 12.6. The molecule has 1 aliphatic heterocycles. The maximum atomic E-state index is 12.9. The van der Waals surface area contributed by atoms with Crippen molar-refractivity contribution in [3.05, 3.63) is 40.4 Å². The second kappa shape index (κ2) is 11.6. The predicted molar refractivity (Wildman–Crippen MR) is 133 cm³/mol. The van der Waals surface area contributed by atoms with Crippen molar-refractivity contribution in [2.45, 2.75) is 26.3 Å². The van der Waals surface area contributed by atoms with Crippen LogP contribution in [-0.2, 0) is 32.0 Å². The first kappa shape index (κ1) is 24.4. The summed E-state index contributed by atoms with van der Waals surface area (Å²) in [4.78, 5) is 27.5. The molecule has 0 saturated carbocycles. The highest BCUT2D eigenvalue weighted by Crippen LogP contribution is 2.35. The number of carbonyl (C=O) groups excluding carboxylic acids is 2. The lowest BCUT2D eigenvalue weighted by atomic mass is 10.1. The predicted octanol–water partition coefficient (Wildman–Crippen LogP) is 3.20. The smallest absolute Gasteiger partial charge is 0.266 e. The van der Waals surface area contributed by atoms with Crippen LogP contribution in [0.15, 0.2) is 29.3 Å². The number of benzene rings is 1. The minimum atomic E-state index is -0.111. The van der Waals surface area contributed by atoms with Crippen molar-refractivity contribution in [1.82, 2.24) is 14.8 Å². The monoisotopic (exact) mass is 475 g/mol. The van der Waals surface area contributed by atoms with E-state index in [-0.39, 0.29) is 18.4 Å². The Kier molecular flexibility index (Phi) is 8.86. The van der Waals surface area contributed by atoms with Gasteiger partial charge in [0.15, 0.2) is 0 Å². The number of fused-ring (bicyclic) bond motifs is 1. The fraction of sp³-hybridized carbons (Fsp3) is 0.435. The van der Waals surface area contributed by atoms with E-state index in [4.69, 9.17) is 21.7 Å². The van der Waals surface area contributed by atoms with Gasteiger partial charge in [-0.25, -0.2) is 0 Å². The van der Waals surface area contributed by atoms with Gasteiger partial charge in [-0.15, -0.1) is 0 Å². The number of rotatable bonds is 11. The quantitative estimate of drug-likeness (QED) is 0.306. The Morgan fingerprint density at radius 3 is 2.75 bits per heavy atom. The van der Waals surface area contributed by atoms with Crippen LogP contribution in [0.4, 0.5) is 0 Å². The van der Waals surface area contributed by atoms with Crippen LogP contribution in [0.3, 0.4) is 0 Å². The van der Waals surface area contributed by atoms with Gasteiger partial charge in [0.1, 0.15) is 10.9 Å². The van der Waals surface area contributed by atoms with Gasteiger partial charge in [-0.3, -0.25) is 14.5 Å². The maximum absolute atomic E-state index is 12.9. The number of para-hydroxylation sites is 1. The Morgan fingerprint density at radius 1 is 1.25 bits per heavy atom. The SMILES string of the molecule is CCc1cccc2c(/C=C3\SC(=S)N(CCOC)C3=O)cn(CC(=O)NCCCOC)c12. The van der Waals surface area contributed by atoms with Crippen LogP contribution in [0.5, 0.6) is 0 Å². The summed E-state index contributed by atoms with van der Waals surface area (Å²) in [5.74, 6) is -0.165. The van der Waals surface area contributed by atoms with Crippen LogP contribution in [0.2, 0.25) is 0 Å². The van der Waals surface area contributed by atoms with Gasteiger partial charge >= 0.3 is 0 Å². The number of thiocarbonyl (C=S) groups is 1. The third-order valence-electron chi connectivity index (χ3n) is 5.23. The van der Waals surface area contributed by atoms with Gasteiger partial charge in [0.05, 0.1) is 23.6 Å². The highest BCUT2D eigenvalue weighted by molar-refractivity contribution is 8.26. The Bertz CT molecular complexity index is 1030. The van der Waals surface area contributed by atoms with Crippen molar-refractivity contribution in [3.8, 4) is 0 Å². The summed E-state index contributed by atoms with van der Waals surface area (Å²) in [5, 5.41) is 3.95. The van der Waals surface area contributed by atoms with Gasteiger partial charge in [0.2, 0.25) is 5.91 Å². The van der Waals surface area contributed by atoms with Crippen LogP contribution >= 0.6 is 24.0 Å². The second-order valence-electron chi connectivity index (χ2n) is 7.40. The molecule has 1 aromatic carbocycles. The summed E-state index contributed by atoms with van der Waals surface area (Å²) in [6.07, 6.45) is 5.43. The van der Waals surface area contributed by atoms with E-state index >= 15 is 0 Å². The molecule has 1 saturated heterocycles. The lowest BCUT2D eigenvalue weighted by Crippen LogP contribution is -2.31. The van der Waals surface area contributed by atoms with Gasteiger partial charge in [0.25, 0.3) is 5.91 Å². The maximum Gasteiger partial charge on any atom is 0.266 e. The Morgan fingerprint density at radius 2 is 2.03 bits per heavy atom. The number of aryl methyl sites for hydroxylation is 1. The second-order valence-corrected chi connectivity index (χ2v) is 9.08. The lowest BCUT2D eigenvalue weighted by molar-refractivity contribution is -0.123. The third kappa shape index (κ3) is 5.58. The van der Waals surface area contributed by atoms with Gasteiger partial charge in [0, 0.05) is 44.5 Å². The average Bonchev–Trinajstić information content (AvgIpc) is 3.26. The minimum absolute atomic E-state index is 0.0543. The van der Waals surface area contributed by atoms with Gasteiger partial charge < -0.3 is 19.4 Å². The number of hydrogen-bond donors (Lipinski definition) is 1. The van der Waals surface area contributed by atoms with Gasteiger partial charge in [-0.05, 0) is 24.5 Å². The molecule has 1 N–H and O–H groups in total. The van der Waals surface area contributed by atoms with Crippen molar-refractivity contribution in [1.29, 1.82) is 0 Å². The van der Waals surface area contributed by atoms with Crippen molar-refractivity contribution in [2.24, 2.45) is 0 Å². The normalized spacial score (nSPS) is 15.3. The van der Waals surface area contributed by atoms with Crippen LogP contribution in [0.25, 0.3) is 17.0 Å². The van der Waals surface area contributed by atoms with E-state index < -0.39 is 0 Å². The van der Waals surface area contributed by atoms with Gasteiger partial charge in [-0.2, -0.15) is 0 Å². The molecule has 2 aromatic rings. The number of ether oxygens (including phenoxy) is 2. The highest BCUT2D eigenvalue weighted by Gasteiger charge is 2.32. The zero-order valence-electron chi connectivity index (χ0n) is 18.7. The third-order valence-corrected chi connectivity index (χ3v) is 6.61. The van der Waals surface area contributed by atoms with E-state index in [9.17, 15) is 9.59 Å². The zero-order chi connectivity index (χ0) is 23.1. The number of aromatic nitrogens is 1.